The fraction of sp³-hybridized carbons (Fsp3) is 0.111. The average Bonchev–Trinajstić information content (AvgIpc) is 2.90. The molecule has 3 rings (SSSR count). The van der Waals surface area contributed by atoms with E-state index < -0.39 is 0 Å². The highest BCUT2D eigenvalue weighted by Crippen LogP contribution is 2.35. The number of thioether (sulfide) groups is 1. The van der Waals surface area contributed by atoms with E-state index in [9.17, 15) is 4.79 Å². The summed E-state index contributed by atoms with van der Waals surface area (Å²) in [4.78, 5) is 13.2. The van der Waals surface area contributed by atoms with E-state index in [-0.39, 0.29) is 5.91 Å². The Bertz CT molecular complexity index is 837. The van der Waals surface area contributed by atoms with Crippen LogP contribution in [-0.4, -0.2) is 29.5 Å². The Balaban J connectivity index is 1.88. The Kier molecular flexibility index (Phi) is 5.25. The van der Waals surface area contributed by atoms with E-state index in [1.54, 1.807) is 32.4 Å². The highest BCUT2D eigenvalue weighted by molar-refractivity contribution is 8.26. The molecule has 128 valence electrons. The van der Waals surface area contributed by atoms with Gasteiger partial charge in [-0.15, -0.1) is 0 Å². The molecule has 1 amide bonds. The van der Waals surface area contributed by atoms with E-state index in [0.29, 0.717) is 20.7 Å². The molecule has 1 N–H and O–H groups in total. The van der Waals surface area contributed by atoms with E-state index in [1.807, 2.05) is 36.4 Å². The van der Waals surface area contributed by atoms with E-state index in [4.69, 9.17) is 21.7 Å². The van der Waals surface area contributed by atoms with Crippen LogP contribution in [0.3, 0.4) is 0 Å². The van der Waals surface area contributed by atoms with Crippen LogP contribution in [0, 0.1) is 0 Å². The maximum atomic E-state index is 12.7. The number of amides is 1. The molecule has 2 aromatic carbocycles. The van der Waals surface area contributed by atoms with Gasteiger partial charge in [-0.1, -0.05) is 30.0 Å². The van der Waals surface area contributed by atoms with Gasteiger partial charge in [0.25, 0.3) is 5.91 Å². The van der Waals surface area contributed by atoms with Crippen molar-refractivity contribution in [3.05, 3.63) is 59.0 Å². The van der Waals surface area contributed by atoms with Crippen LogP contribution in [0.15, 0.2) is 53.4 Å². The number of thiocarbonyl (C=S) groups is 1. The lowest BCUT2D eigenvalue weighted by molar-refractivity contribution is -0.121. The Morgan fingerprint density at radius 1 is 1.12 bits per heavy atom. The predicted octanol–water partition coefficient (Wildman–Crippen LogP) is 3.93. The number of carbonyl (C=O) groups is 1. The molecule has 1 heterocycles. The van der Waals surface area contributed by atoms with Crippen LogP contribution >= 0.6 is 24.0 Å². The van der Waals surface area contributed by atoms with Gasteiger partial charge in [-0.05, 0) is 48.6 Å². The van der Waals surface area contributed by atoms with Crippen molar-refractivity contribution in [3.63, 3.8) is 0 Å². The summed E-state index contributed by atoms with van der Waals surface area (Å²) >= 11 is 6.57. The lowest BCUT2D eigenvalue weighted by Gasteiger charge is -2.16. The molecule has 0 atom stereocenters. The fourth-order valence-electron chi connectivity index (χ4n) is 2.30. The summed E-state index contributed by atoms with van der Waals surface area (Å²) in [6.07, 6.45) is 1.76. The minimum absolute atomic E-state index is 0.205. The second kappa shape index (κ2) is 7.58. The van der Waals surface area contributed by atoms with E-state index >= 15 is 0 Å². The largest absolute Gasteiger partial charge is 0.497 e. The second-order valence-corrected chi connectivity index (χ2v) is 6.78. The van der Waals surface area contributed by atoms with Crippen molar-refractivity contribution >= 4 is 46.0 Å². The van der Waals surface area contributed by atoms with Crippen LogP contribution in [0.4, 0.5) is 5.69 Å². The molecule has 1 saturated heterocycles. The summed E-state index contributed by atoms with van der Waals surface area (Å²) < 4.78 is 11.0. The van der Waals surface area contributed by atoms with Gasteiger partial charge in [-0.25, -0.2) is 5.01 Å². The summed E-state index contributed by atoms with van der Waals surface area (Å²) in [7, 11) is 3.18. The number of anilines is 1. The average molecular weight is 372 g/mol. The molecule has 0 saturated carbocycles. The van der Waals surface area contributed by atoms with Crippen LogP contribution in [0.2, 0.25) is 0 Å². The van der Waals surface area contributed by atoms with Crippen molar-refractivity contribution in [1.82, 2.24) is 5.01 Å². The number of methoxy groups -OCH3 is 2. The first kappa shape index (κ1) is 17.3. The van der Waals surface area contributed by atoms with Crippen LogP contribution < -0.4 is 14.9 Å². The van der Waals surface area contributed by atoms with E-state index in [1.165, 1.54) is 16.8 Å². The molecule has 1 fully saturated rings. The van der Waals surface area contributed by atoms with Crippen molar-refractivity contribution in [2.45, 2.75) is 0 Å². The van der Waals surface area contributed by atoms with Gasteiger partial charge in [-0.2, -0.15) is 0 Å². The van der Waals surface area contributed by atoms with E-state index in [2.05, 4.69) is 5.43 Å². The Morgan fingerprint density at radius 3 is 2.56 bits per heavy atom. The Labute approximate surface area is 155 Å². The number of hydrazine groups is 1. The molecule has 1 aliphatic heterocycles. The molecule has 0 radical (unpaired) electrons. The zero-order valence-electron chi connectivity index (χ0n) is 13.7. The standard InChI is InChI=1S/C18H16N2O3S2/c1-22-14-8-9-15(23-2)12(10-14)11-16-17(21)20(18(24)25-16)19-13-6-4-3-5-7-13/h3-11,19H,1-2H3/b16-11+. The lowest BCUT2D eigenvalue weighted by atomic mass is 10.1. The predicted molar refractivity (Wildman–Crippen MR) is 105 cm³/mol. The van der Waals surface area contributed by atoms with Crippen molar-refractivity contribution < 1.29 is 14.3 Å². The summed E-state index contributed by atoms with van der Waals surface area (Å²) in [6.45, 7) is 0. The maximum Gasteiger partial charge on any atom is 0.285 e. The minimum Gasteiger partial charge on any atom is -0.497 e. The minimum atomic E-state index is -0.205. The van der Waals surface area contributed by atoms with E-state index in [0.717, 1.165) is 11.3 Å². The smallest absolute Gasteiger partial charge is 0.285 e. The van der Waals surface area contributed by atoms with Crippen molar-refractivity contribution in [3.8, 4) is 11.5 Å². The molecule has 5 nitrogen and oxygen atoms in total. The number of nitrogens with zero attached hydrogens (tertiary/aromatic N) is 1. The molecule has 0 aromatic heterocycles. The number of carbonyl (C=O) groups excluding carboxylic acids is 1. The number of rotatable bonds is 5. The molecular formula is C18H16N2O3S2. The fourth-order valence-corrected chi connectivity index (χ4v) is 3.47. The zero-order chi connectivity index (χ0) is 17.8. The third-order valence-electron chi connectivity index (χ3n) is 3.53. The topological polar surface area (TPSA) is 50.8 Å². The number of hydrogen-bond acceptors (Lipinski definition) is 6. The number of nitrogens with one attached hydrogen (secondary N) is 1. The molecule has 7 heteroatoms. The van der Waals surface area contributed by atoms with Crippen LogP contribution in [0.5, 0.6) is 11.5 Å². The normalized spacial score (nSPS) is 15.6. The Morgan fingerprint density at radius 2 is 1.88 bits per heavy atom. The quantitative estimate of drug-likeness (QED) is 0.634. The summed E-state index contributed by atoms with van der Waals surface area (Å²) in [5.74, 6) is 1.13. The number of ether oxygens (including phenoxy) is 2. The van der Waals surface area contributed by atoms with Gasteiger partial charge in [-0.3, -0.25) is 10.2 Å². The molecule has 0 spiro atoms. The van der Waals surface area contributed by atoms with Gasteiger partial charge >= 0.3 is 0 Å². The molecule has 1 aliphatic rings. The first-order valence-electron chi connectivity index (χ1n) is 7.44. The SMILES string of the molecule is COc1ccc(OC)c(/C=C2/SC(=S)N(Nc3ccccc3)C2=O)c1. The van der Waals surface area contributed by atoms with Crippen LogP contribution in [-0.2, 0) is 4.79 Å². The zero-order valence-corrected chi connectivity index (χ0v) is 15.3. The highest BCUT2D eigenvalue weighted by atomic mass is 32.2. The maximum absolute atomic E-state index is 12.7. The van der Waals surface area contributed by atoms with Crippen molar-refractivity contribution in [2.75, 3.05) is 19.6 Å². The Hall–Kier alpha value is -2.51. The van der Waals surface area contributed by atoms with Gasteiger partial charge in [0.05, 0.1) is 24.8 Å². The third-order valence-corrected chi connectivity index (χ3v) is 4.83. The van der Waals surface area contributed by atoms with Crippen molar-refractivity contribution in [2.24, 2.45) is 0 Å². The number of para-hydroxylation sites is 1. The lowest BCUT2D eigenvalue weighted by Crippen LogP contribution is -2.33. The molecule has 25 heavy (non-hydrogen) atoms. The molecule has 0 bridgehead atoms. The molecular weight excluding hydrogens is 356 g/mol. The van der Waals surface area contributed by atoms with Gasteiger partial charge in [0.1, 0.15) is 11.5 Å². The van der Waals surface area contributed by atoms with Gasteiger partial charge < -0.3 is 9.47 Å². The molecule has 2 aromatic rings. The van der Waals surface area contributed by atoms with Crippen molar-refractivity contribution in [1.29, 1.82) is 0 Å². The van der Waals surface area contributed by atoms with Gasteiger partial charge in [0.2, 0.25) is 0 Å². The number of benzene rings is 2. The van der Waals surface area contributed by atoms with Gasteiger partial charge in [0.15, 0.2) is 4.32 Å². The number of hydrogen-bond donors (Lipinski definition) is 1. The van der Waals surface area contributed by atoms with Crippen LogP contribution in [0.25, 0.3) is 6.08 Å². The van der Waals surface area contributed by atoms with Gasteiger partial charge in [0, 0.05) is 5.56 Å². The monoisotopic (exact) mass is 372 g/mol. The summed E-state index contributed by atoms with van der Waals surface area (Å²) in [5.41, 5.74) is 4.57. The second-order valence-electron chi connectivity index (χ2n) is 5.10. The molecule has 0 aliphatic carbocycles. The summed E-state index contributed by atoms with van der Waals surface area (Å²) in [5, 5.41) is 1.37. The summed E-state index contributed by atoms with van der Waals surface area (Å²) in [6, 6.07) is 14.8. The van der Waals surface area contributed by atoms with Crippen LogP contribution in [0.1, 0.15) is 5.56 Å². The first-order valence-corrected chi connectivity index (χ1v) is 8.66. The third kappa shape index (κ3) is 3.78. The molecule has 0 unspecified atom stereocenters. The first-order chi connectivity index (χ1) is 12.1. The highest BCUT2D eigenvalue weighted by Gasteiger charge is 2.32.